The molecule has 2 aromatic rings. The molecule has 2 rings (SSSR count). The molecule has 0 aliphatic carbocycles. The first kappa shape index (κ1) is 15.3. The van der Waals surface area contributed by atoms with Crippen molar-refractivity contribution in [1.29, 1.82) is 0 Å². The van der Waals surface area contributed by atoms with Crippen LogP contribution in [0.1, 0.15) is 30.5 Å². The van der Waals surface area contributed by atoms with Crippen molar-refractivity contribution >= 4 is 23.0 Å². The maximum Gasteiger partial charge on any atom is 0.274 e. The first-order valence-electron chi connectivity index (χ1n) is 6.79. The van der Waals surface area contributed by atoms with Gasteiger partial charge in [-0.2, -0.15) is 0 Å². The highest BCUT2D eigenvalue weighted by Crippen LogP contribution is 2.30. The summed E-state index contributed by atoms with van der Waals surface area (Å²) < 4.78 is 0. The van der Waals surface area contributed by atoms with E-state index in [1.54, 1.807) is 13.0 Å². The van der Waals surface area contributed by atoms with Gasteiger partial charge in [0.25, 0.3) is 5.69 Å². The van der Waals surface area contributed by atoms with E-state index in [1.165, 1.54) is 6.07 Å². The van der Waals surface area contributed by atoms with Crippen LogP contribution < -0.4 is 5.32 Å². The summed E-state index contributed by atoms with van der Waals surface area (Å²) in [5.41, 5.74) is 2.67. The number of nitro groups is 1. The van der Waals surface area contributed by atoms with Crippen molar-refractivity contribution in [2.45, 2.75) is 26.3 Å². The van der Waals surface area contributed by atoms with Crippen molar-refractivity contribution in [1.82, 2.24) is 0 Å². The Hall–Kier alpha value is -2.07. The van der Waals surface area contributed by atoms with Crippen LogP contribution in [0.5, 0.6) is 0 Å². The molecule has 21 heavy (non-hydrogen) atoms. The highest BCUT2D eigenvalue weighted by atomic mass is 35.5. The molecule has 1 N–H and O–H groups in total. The number of halogens is 1. The van der Waals surface area contributed by atoms with Crippen LogP contribution in [0.25, 0.3) is 0 Å². The van der Waals surface area contributed by atoms with Gasteiger partial charge in [-0.05, 0) is 37.1 Å². The standard InChI is InChI=1S/C16H17ClN2O2/c1-3-14(12-7-9-13(17)10-8-12)18-15-5-4-6-16(11(15)2)19(20)21/h4-10,14,18H,3H2,1-2H3. The molecule has 110 valence electrons. The molecule has 5 heteroatoms. The molecular formula is C16H17ClN2O2. The third-order valence-electron chi connectivity index (χ3n) is 3.51. The second-order valence-corrected chi connectivity index (χ2v) is 5.30. The Kier molecular flexibility index (Phi) is 4.81. The molecule has 0 spiro atoms. The van der Waals surface area contributed by atoms with Gasteiger partial charge in [0.05, 0.1) is 11.0 Å². The van der Waals surface area contributed by atoms with Crippen molar-refractivity contribution in [2.75, 3.05) is 5.32 Å². The van der Waals surface area contributed by atoms with E-state index in [0.717, 1.165) is 17.7 Å². The van der Waals surface area contributed by atoms with Crippen LogP contribution in [0.4, 0.5) is 11.4 Å². The molecule has 0 heterocycles. The zero-order valence-electron chi connectivity index (χ0n) is 12.0. The highest BCUT2D eigenvalue weighted by Gasteiger charge is 2.16. The lowest BCUT2D eigenvalue weighted by atomic mass is 10.0. The van der Waals surface area contributed by atoms with Crippen LogP contribution in [0.3, 0.4) is 0 Å². The topological polar surface area (TPSA) is 55.2 Å². The fraction of sp³-hybridized carbons (Fsp3) is 0.250. The Bertz CT molecular complexity index is 641. The first-order chi connectivity index (χ1) is 10.0. The number of anilines is 1. The summed E-state index contributed by atoms with van der Waals surface area (Å²) in [4.78, 5) is 10.6. The molecule has 0 saturated heterocycles. The van der Waals surface area contributed by atoms with Gasteiger partial charge in [-0.1, -0.05) is 36.7 Å². The summed E-state index contributed by atoms with van der Waals surface area (Å²) in [7, 11) is 0. The Morgan fingerprint density at radius 1 is 1.24 bits per heavy atom. The fourth-order valence-corrected chi connectivity index (χ4v) is 2.41. The maximum absolute atomic E-state index is 11.0. The van der Waals surface area contributed by atoms with Crippen molar-refractivity contribution < 1.29 is 4.92 Å². The molecule has 0 amide bonds. The van der Waals surface area contributed by atoms with Crippen LogP contribution in [0, 0.1) is 17.0 Å². The van der Waals surface area contributed by atoms with Gasteiger partial charge >= 0.3 is 0 Å². The number of benzene rings is 2. The number of hydrogen-bond acceptors (Lipinski definition) is 3. The first-order valence-corrected chi connectivity index (χ1v) is 7.16. The molecule has 0 aliphatic rings. The SMILES string of the molecule is CCC(Nc1cccc([N+](=O)[O-])c1C)c1ccc(Cl)cc1. The molecule has 1 unspecified atom stereocenters. The average molecular weight is 305 g/mol. The van der Waals surface area contributed by atoms with Crippen molar-refractivity contribution in [3.05, 3.63) is 68.7 Å². The minimum absolute atomic E-state index is 0.0861. The van der Waals surface area contributed by atoms with Gasteiger partial charge in [0.2, 0.25) is 0 Å². The third-order valence-corrected chi connectivity index (χ3v) is 3.76. The van der Waals surface area contributed by atoms with Crippen molar-refractivity contribution in [3.8, 4) is 0 Å². The Morgan fingerprint density at radius 3 is 2.48 bits per heavy atom. The zero-order valence-corrected chi connectivity index (χ0v) is 12.7. The lowest BCUT2D eigenvalue weighted by molar-refractivity contribution is -0.385. The van der Waals surface area contributed by atoms with Crippen molar-refractivity contribution in [2.24, 2.45) is 0 Å². The summed E-state index contributed by atoms with van der Waals surface area (Å²) in [6.07, 6.45) is 0.865. The molecule has 0 aliphatic heterocycles. The second kappa shape index (κ2) is 6.59. The summed E-state index contributed by atoms with van der Waals surface area (Å²) >= 11 is 5.91. The third kappa shape index (κ3) is 3.52. The predicted octanol–water partition coefficient (Wildman–Crippen LogP) is 5.12. The van der Waals surface area contributed by atoms with E-state index in [1.807, 2.05) is 30.3 Å². The molecule has 0 fully saturated rings. The van der Waals surface area contributed by atoms with Gasteiger partial charge in [-0.15, -0.1) is 0 Å². The molecule has 4 nitrogen and oxygen atoms in total. The van der Waals surface area contributed by atoms with Crippen LogP contribution in [0.15, 0.2) is 42.5 Å². The number of nitro benzene ring substituents is 1. The lowest BCUT2D eigenvalue weighted by Gasteiger charge is -2.20. The fourth-order valence-electron chi connectivity index (χ4n) is 2.28. The second-order valence-electron chi connectivity index (χ2n) is 4.86. The molecular weight excluding hydrogens is 288 g/mol. The molecule has 0 aromatic heterocycles. The summed E-state index contributed by atoms with van der Waals surface area (Å²) in [6.45, 7) is 3.83. The van der Waals surface area contributed by atoms with Crippen LogP contribution >= 0.6 is 11.6 Å². The average Bonchev–Trinajstić information content (AvgIpc) is 2.47. The van der Waals surface area contributed by atoms with E-state index in [4.69, 9.17) is 11.6 Å². The Labute approximate surface area is 128 Å². The van der Waals surface area contributed by atoms with E-state index >= 15 is 0 Å². The van der Waals surface area contributed by atoms with E-state index in [-0.39, 0.29) is 16.7 Å². The number of nitrogens with one attached hydrogen (secondary N) is 1. The predicted molar refractivity (Wildman–Crippen MR) is 85.9 cm³/mol. The lowest BCUT2D eigenvalue weighted by Crippen LogP contribution is -2.11. The van der Waals surface area contributed by atoms with Gasteiger partial charge in [0, 0.05) is 22.3 Å². The Morgan fingerprint density at radius 2 is 1.90 bits per heavy atom. The molecule has 0 saturated carbocycles. The minimum Gasteiger partial charge on any atom is -0.378 e. The highest BCUT2D eigenvalue weighted by molar-refractivity contribution is 6.30. The van der Waals surface area contributed by atoms with Crippen LogP contribution in [0.2, 0.25) is 5.02 Å². The largest absolute Gasteiger partial charge is 0.378 e. The van der Waals surface area contributed by atoms with Gasteiger partial charge in [-0.3, -0.25) is 10.1 Å². The Balaban J connectivity index is 2.29. The summed E-state index contributed by atoms with van der Waals surface area (Å²) in [6, 6.07) is 12.8. The van der Waals surface area contributed by atoms with Crippen LogP contribution in [-0.4, -0.2) is 4.92 Å². The monoisotopic (exact) mass is 304 g/mol. The van der Waals surface area contributed by atoms with Crippen molar-refractivity contribution in [3.63, 3.8) is 0 Å². The summed E-state index contributed by atoms with van der Waals surface area (Å²) in [5.74, 6) is 0. The van der Waals surface area contributed by atoms with E-state index in [2.05, 4.69) is 12.2 Å². The van der Waals surface area contributed by atoms with Gasteiger partial charge < -0.3 is 5.32 Å². The minimum atomic E-state index is -0.357. The van der Waals surface area contributed by atoms with Gasteiger partial charge in [-0.25, -0.2) is 0 Å². The normalized spacial score (nSPS) is 12.0. The van der Waals surface area contributed by atoms with E-state index in [9.17, 15) is 10.1 Å². The maximum atomic E-state index is 11.0. The molecule has 2 aromatic carbocycles. The smallest absolute Gasteiger partial charge is 0.274 e. The summed E-state index contributed by atoms with van der Waals surface area (Å²) in [5, 5.41) is 15.1. The number of hydrogen-bond donors (Lipinski definition) is 1. The zero-order chi connectivity index (χ0) is 15.4. The quantitative estimate of drug-likeness (QED) is 0.616. The van der Waals surface area contributed by atoms with Crippen LogP contribution in [-0.2, 0) is 0 Å². The van der Waals surface area contributed by atoms with E-state index < -0.39 is 0 Å². The number of nitrogens with zero attached hydrogens (tertiary/aromatic N) is 1. The molecule has 1 atom stereocenters. The van der Waals surface area contributed by atoms with Gasteiger partial charge in [0.1, 0.15) is 0 Å². The van der Waals surface area contributed by atoms with Gasteiger partial charge in [0.15, 0.2) is 0 Å². The number of rotatable bonds is 5. The molecule has 0 bridgehead atoms. The van der Waals surface area contributed by atoms with E-state index in [0.29, 0.717) is 10.6 Å². The molecule has 0 radical (unpaired) electrons.